The molecule has 0 saturated heterocycles. The number of nitrogens with one attached hydrogen (secondary N) is 2. The lowest BCUT2D eigenvalue weighted by molar-refractivity contribution is -0.120. The third-order valence-electron chi connectivity index (χ3n) is 4.31. The Morgan fingerprint density at radius 2 is 1.50 bits per heavy atom. The molecule has 0 aliphatic heterocycles. The third-order valence-corrected chi connectivity index (χ3v) is 7.90. The molecule has 2 aromatic carbocycles. The minimum Gasteiger partial charge on any atom is -0.351 e. The van der Waals surface area contributed by atoms with Crippen LogP contribution >= 0.6 is 0 Å². The van der Waals surface area contributed by atoms with Crippen LogP contribution in [0.1, 0.15) is 31.9 Å². The van der Waals surface area contributed by atoms with Gasteiger partial charge in [-0.2, -0.15) is 0 Å². The highest BCUT2D eigenvalue weighted by atomic mass is 32.2. The van der Waals surface area contributed by atoms with Crippen molar-refractivity contribution in [2.45, 2.75) is 49.3 Å². The molecule has 0 aliphatic carbocycles. The number of halogens is 1. The standard InChI is InChI=1S/C20H25FN2O5S2/c1-14(2)23-29(25,26)13-17-7-5-4-6-16(17)12-22-20(24)15(3)30(27,28)19-10-8-18(21)9-11-19/h4-11,14-15,23H,12-13H2,1-3H3,(H,22,24). The molecule has 1 unspecified atom stereocenters. The zero-order valence-electron chi connectivity index (χ0n) is 16.9. The molecule has 0 heterocycles. The average molecular weight is 457 g/mol. The molecule has 7 nitrogen and oxygen atoms in total. The van der Waals surface area contributed by atoms with Gasteiger partial charge in [-0.3, -0.25) is 4.79 Å². The second-order valence-electron chi connectivity index (χ2n) is 7.16. The molecule has 0 aromatic heterocycles. The van der Waals surface area contributed by atoms with Crippen molar-refractivity contribution < 1.29 is 26.0 Å². The van der Waals surface area contributed by atoms with Crippen molar-refractivity contribution >= 4 is 25.8 Å². The summed E-state index contributed by atoms with van der Waals surface area (Å²) in [5.74, 6) is -1.58. The molecule has 0 bridgehead atoms. The Hall–Kier alpha value is -2.30. The van der Waals surface area contributed by atoms with E-state index in [0.717, 1.165) is 24.3 Å². The quantitative estimate of drug-likeness (QED) is 0.562. The topological polar surface area (TPSA) is 109 Å². The van der Waals surface area contributed by atoms with E-state index in [1.807, 2.05) is 0 Å². The lowest BCUT2D eigenvalue weighted by Crippen LogP contribution is -2.38. The maximum Gasteiger partial charge on any atom is 0.238 e. The van der Waals surface area contributed by atoms with Crippen LogP contribution in [0.5, 0.6) is 0 Å². The van der Waals surface area contributed by atoms with Crippen molar-refractivity contribution in [2.75, 3.05) is 0 Å². The van der Waals surface area contributed by atoms with Crippen molar-refractivity contribution in [3.05, 3.63) is 65.5 Å². The second-order valence-corrected chi connectivity index (χ2v) is 11.2. The van der Waals surface area contributed by atoms with Gasteiger partial charge in [-0.25, -0.2) is 25.9 Å². The van der Waals surface area contributed by atoms with E-state index in [1.54, 1.807) is 38.1 Å². The van der Waals surface area contributed by atoms with Crippen LogP contribution in [0.2, 0.25) is 0 Å². The van der Waals surface area contributed by atoms with Gasteiger partial charge in [0.05, 0.1) is 10.6 Å². The van der Waals surface area contributed by atoms with E-state index in [0.29, 0.717) is 11.1 Å². The second kappa shape index (κ2) is 9.67. The predicted molar refractivity (Wildman–Crippen MR) is 112 cm³/mol. The van der Waals surface area contributed by atoms with Crippen LogP contribution in [-0.2, 0) is 37.0 Å². The summed E-state index contributed by atoms with van der Waals surface area (Å²) in [4.78, 5) is 12.3. The van der Waals surface area contributed by atoms with E-state index >= 15 is 0 Å². The molecule has 164 valence electrons. The third kappa shape index (κ3) is 6.35. The number of hydrogen-bond donors (Lipinski definition) is 2. The van der Waals surface area contributed by atoms with Gasteiger partial charge in [0.1, 0.15) is 11.1 Å². The van der Waals surface area contributed by atoms with Crippen molar-refractivity contribution in [1.29, 1.82) is 0 Å². The van der Waals surface area contributed by atoms with Crippen LogP contribution in [0, 0.1) is 5.82 Å². The Morgan fingerprint density at radius 1 is 0.933 bits per heavy atom. The summed E-state index contributed by atoms with van der Waals surface area (Å²) < 4.78 is 65.1. The molecule has 1 amide bonds. The lowest BCUT2D eigenvalue weighted by atomic mass is 10.1. The zero-order chi connectivity index (χ0) is 22.5. The molecular weight excluding hydrogens is 431 g/mol. The number of benzene rings is 2. The number of carbonyl (C=O) groups excluding carboxylic acids is 1. The first-order valence-corrected chi connectivity index (χ1v) is 12.5. The van der Waals surface area contributed by atoms with Crippen molar-refractivity contribution in [1.82, 2.24) is 10.0 Å². The molecule has 10 heteroatoms. The lowest BCUT2D eigenvalue weighted by Gasteiger charge is -2.16. The Balaban J connectivity index is 2.12. The predicted octanol–water partition coefficient (Wildman–Crippen LogP) is 2.13. The Kier molecular flexibility index (Phi) is 7.73. The van der Waals surface area contributed by atoms with Gasteiger partial charge in [0, 0.05) is 12.6 Å². The number of amides is 1. The van der Waals surface area contributed by atoms with E-state index in [2.05, 4.69) is 10.0 Å². The number of rotatable bonds is 9. The summed E-state index contributed by atoms with van der Waals surface area (Å²) in [6, 6.07) is 10.7. The van der Waals surface area contributed by atoms with Crippen LogP contribution in [0.4, 0.5) is 4.39 Å². The largest absolute Gasteiger partial charge is 0.351 e. The highest BCUT2D eigenvalue weighted by Crippen LogP contribution is 2.17. The van der Waals surface area contributed by atoms with Gasteiger partial charge < -0.3 is 5.32 Å². The first-order valence-electron chi connectivity index (χ1n) is 9.26. The van der Waals surface area contributed by atoms with Crippen LogP contribution in [0.25, 0.3) is 0 Å². The highest BCUT2D eigenvalue weighted by molar-refractivity contribution is 7.92. The number of sulfone groups is 1. The normalized spacial score (nSPS) is 13.2. The van der Waals surface area contributed by atoms with Gasteiger partial charge in [-0.1, -0.05) is 24.3 Å². The SMILES string of the molecule is CC(C)NS(=O)(=O)Cc1ccccc1CNC(=O)C(C)S(=O)(=O)c1ccc(F)cc1. The number of carbonyl (C=O) groups is 1. The first-order chi connectivity index (χ1) is 13.9. The fourth-order valence-corrected chi connectivity index (χ4v) is 5.55. The van der Waals surface area contributed by atoms with Gasteiger partial charge in [0.2, 0.25) is 15.9 Å². The Bertz CT molecular complexity index is 1100. The Morgan fingerprint density at radius 3 is 2.07 bits per heavy atom. The Labute approximate surface area is 176 Å². The van der Waals surface area contributed by atoms with E-state index in [9.17, 15) is 26.0 Å². The van der Waals surface area contributed by atoms with Gasteiger partial charge in [0.15, 0.2) is 9.84 Å². The summed E-state index contributed by atoms with van der Waals surface area (Å²) in [5.41, 5.74) is 1.06. The van der Waals surface area contributed by atoms with Crippen molar-refractivity contribution in [2.24, 2.45) is 0 Å². The smallest absolute Gasteiger partial charge is 0.238 e. The minimum absolute atomic E-state index is 0.0323. The van der Waals surface area contributed by atoms with Gasteiger partial charge >= 0.3 is 0 Å². The van der Waals surface area contributed by atoms with Crippen LogP contribution < -0.4 is 10.0 Å². The maximum absolute atomic E-state index is 13.0. The maximum atomic E-state index is 13.0. The molecular formula is C20H25FN2O5S2. The van der Waals surface area contributed by atoms with E-state index in [-0.39, 0.29) is 23.2 Å². The van der Waals surface area contributed by atoms with Crippen LogP contribution in [0.3, 0.4) is 0 Å². The summed E-state index contributed by atoms with van der Waals surface area (Å²) in [6.45, 7) is 4.64. The molecule has 0 radical (unpaired) electrons. The first kappa shape index (κ1) is 24.0. The fourth-order valence-electron chi connectivity index (χ4n) is 2.77. The van der Waals surface area contributed by atoms with Crippen molar-refractivity contribution in [3.8, 4) is 0 Å². The van der Waals surface area contributed by atoms with E-state index in [1.165, 1.54) is 6.92 Å². The fraction of sp³-hybridized carbons (Fsp3) is 0.350. The van der Waals surface area contributed by atoms with Gasteiger partial charge in [0.25, 0.3) is 0 Å². The van der Waals surface area contributed by atoms with Crippen LogP contribution in [-0.4, -0.2) is 34.0 Å². The molecule has 0 saturated carbocycles. The van der Waals surface area contributed by atoms with Crippen molar-refractivity contribution in [3.63, 3.8) is 0 Å². The summed E-state index contributed by atoms with van der Waals surface area (Å²) in [6.07, 6.45) is 0. The van der Waals surface area contributed by atoms with Gasteiger partial charge in [-0.15, -0.1) is 0 Å². The number of sulfonamides is 1. The average Bonchev–Trinajstić information content (AvgIpc) is 2.65. The summed E-state index contributed by atoms with van der Waals surface area (Å²) in [5, 5.41) is 1.14. The van der Waals surface area contributed by atoms with Crippen LogP contribution in [0.15, 0.2) is 53.4 Å². The molecule has 2 N–H and O–H groups in total. The minimum atomic E-state index is -4.00. The monoisotopic (exact) mass is 456 g/mol. The highest BCUT2D eigenvalue weighted by Gasteiger charge is 2.29. The number of hydrogen-bond acceptors (Lipinski definition) is 5. The zero-order valence-corrected chi connectivity index (χ0v) is 18.6. The van der Waals surface area contributed by atoms with Gasteiger partial charge in [-0.05, 0) is 56.2 Å². The molecule has 0 aliphatic rings. The molecule has 2 rings (SSSR count). The van der Waals surface area contributed by atoms with E-state index < -0.39 is 36.8 Å². The molecule has 1 atom stereocenters. The van der Waals surface area contributed by atoms with E-state index in [4.69, 9.17) is 0 Å². The summed E-state index contributed by atoms with van der Waals surface area (Å²) >= 11 is 0. The molecule has 2 aromatic rings. The summed E-state index contributed by atoms with van der Waals surface area (Å²) in [7, 11) is -7.56. The molecule has 30 heavy (non-hydrogen) atoms. The molecule has 0 fully saturated rings. The molecule has 0 spiro atoms.